The SMILES string of the molecule is c1ccc(PCCCP(CCCPc2ccccc2)c2ccccc2)cc1. The fourth-order valence-electron chi connectivity index (χ4n) is 3.13. The maximum atomic E-state index is 2.35. The molecule has 2 atom stereocenters. The van der Waals surface area contributed by atoms with Gasteiger partial charge < -0.3 is 0 Å². The first-order valence-corrected chi connectivity index (χ1v) is 13.9. The first-order valence-electron chi connectivity index (χ1n) is 9.80. The zero-order valence-electron chi connectivity index (χ0n) is 15.9. The highest BCUT2D eigenvalue weighted by Gasteiger charge is 2.10. The third-order valence-corrected chi connectivity index (χ3v) is 9.97. The van der Waals surface area contributed by atoms with Crippen LogP contribution in [0.15, 0.2) is 91.0 Å². The van der Waals surface area contributed by atoms with Gasteiger partial charge in [0.2, 0.25) is 0 Å². The van der Waals surface area contributed by atoms with Gasteiger partial charge in [-0.05, 0) is 53.4 Å². The van der Waals surface area contributed by atoms with Crippen molar-refractivity contribution in [1.82, 2.24) is 0 Å². The van der Waals surface area contributed by atoms with E-state index in [0.717, 1.165) is 17.2 Å². The summed E-state index contributed by atoms with van der Waals surface area (Å²) in [5, 5.41) is 4.61. The molecule has 3 heteroatoms. The number of hydrogen-bond acceptors (Lipinski definition) is 0. The van der Waals surface area contributed by atoms with Crippen LogP contribution in [0.25, 0.3) is 0 Å². The van der Waals surface area contributed by atoms with Gasteiger partial charge in [0.15, 0.2) is 0 Å². The second kappa shape index (κ2) is 12.4. The molecule has 27 heavy (non-hydrogen) atoms. The summed E-state index contributed by atoms with van der Waals surface area (Å²) in [5.74, 6) is 0. The Kier molecular flexibility index (Phi) is 9.51. The summed E-state index contributed by atoms with van der Waals surface area (Å²) in [7, 11) is 1.91. The van der Waals surface area contributed by atoms with E-state index in [4.69, 9.17) is 0 Å². The lowest BCUT2D eigenvalue weighted by Crippen LogP contribution is -2.08. The molecule has 0 amide bonds. The van der Waals surface area contributed by atoms with Gasteiger partial charge in [-0.25, -0.2) is 0 Å². The molecule has 140 valence electrons. The predicted molar refractivity (Wildman–Crippen MR) is 130 cm³/mol. The first-order chi connectivity index (χ1) is 13.4. The lowest BCUT2D eigenvalue weighted by Gasteiger charge is -2.18. The average molecular weight is 410 g/mol. The normalized spacial score (nSPS) is 12.9. The molecule has 0 saturated heterocycles. The van der Waals surface area contributed by atoms with Gasteiger partial charge in [0, 0.05) is 0 Å². The summed E-state index contributed by atoms with van der Waals surface area (Å²) in [6.07, 6.45) is 8.15. The Balaban J connectivity index is 1.44. The van der Waals surface area contributed by atoms with E-state index >= 15 is 0 Å². The van der Waals surface area contributed by atoms with Crippen molar-refractivity contribution in [3.8, 4) is 0 Å². The zero-order valence-corrected chi connectivity index (χ0v) is 18.7. The largest absolute Gasteiger partial charge is 0.0904 e. The van der Waals surface area contributed by atoms with Gasteiger partial charge in [0.1, 0.15) is 0 Å². The Morgan fingerprint density at radius 2 is 0.926 bits per heavy atom. The number of rotatable bonds is 11. The molecule has 0 nitrogen and oxygen atoms in total. The van der Waals surface area contributed by atoms with Crippen molar-refractivity contribution in [2.75, 3.05) is 24.6 Å². The van der Waals surface area contributed by atoms with Crippen LogP contribution in [-0.4, -0.2) is 24.6 Å². The van der Waals surface area contributed by atoms with Crippen LogP contribution in [0.4, 0.5) is 0 Å². The third kappa shape index (κ3) is 7.84. The van der Waals surface area contributed by atoms with Crippen molar-refractivity contribution < 1.29 is 0 Å². The highest BCUT2D eigenvalue weighted by Crippen LogP contribution is 2.37. The molecule has 0 aliphatic heterocycles. The lowest BCUT2D eigenvalue weighted by molar-refractivity contribution is 1.07. The predicted octanol–water partition coefficient (Wildman–Crippen LogP) is 5.58. The fourth-order valence-corrected chi connectivity index (χ4v) is 8.28. The maximum Gasteiger partial charge on any atom is -0.0240 e. The highest BCUT2D eigenvalue weighted by atomic mass is 31.1. The third-order valence-electron chi connectivity index (χ3n) is 4.54. The molecule has 0 fully saturated rings. The molecule has 0 bridgehead atoms. The Morgan fingerprint density at radius 3 is 1.37 bits per heavy atom. The van der Waals surface area contributed by atoms with Gasteiger partial charge >= 0.3 is 0 Å². The molecular formula is C24H29P3. The first kappa shape index (κ1) is 20.7. The zero-order chi connectivity index (χ0) is 18.6. The fraction of sp³-hybridized carbons (Fsp3) is 0.250. The van der Waals surface area contributed by atoms with E-state index in [-0.39, 0.29) is 7.92 Å². The Hall–Kier alpha value is -1.05. The highest BCUT2D eigenvalue weighted by molar-refractivity contribution is 7.65. The van der Waals surface area contributed by atoms with Crippen molar-refractivity contribution in [3.63, 3.8) is 0 Å². The summed E-state index contributed by atoms with van der Waals surface area (Å²) in [5.41, 5.74) is 0. The average Bonchev–Trinajstić information content (AvgIpc) is 2.75. The minimum atomic E-state index is -0.00789. The molecule has 0 radical (unpaired) electrons. The van der Waals surface area contributed by atoms with Gasteiger partial charge in [0.25, 0.3) is 0 Å². The van der Waals surface area contributed by atoms with Gasteiger partial charge in [-0.15, -0.1) is 0 Å². The molecule has 2 unspecified atom stereocenters. The molecule has 0 aliphatic carbocycles. The summed E-state index contributed by atoms with van der Waals surface area (Å²) >= 11 is 0. The van der Waals surface area contributed by atoms with E-state index in [2.05, 4.69) is 91.0 Å². The van der Waals surface area contributed by atoms with Crippen molar-refractivity contribution in [2.24, 2.45) is 0 Å². The summed E-state index contributed by atoms with van der Waals surface area (Å²) in [4.78, 5) is 0. The molecule has 0 spiro atoms. The van der Waals surface area contributed by atoms with E-state index in [9.17, 15) is 0 Å². The van der Waals surface area contributed by atoms with E-state index in [1.807, 2.05) is 0 Å². The Morgan fingerprint density at radius 1 is 0.519 bits per heavy atom. The molecule has 3 aromatic rings. The van der Waals surface area contributed by atoms with E-state index in [1.54, 1.807) is 5.30 Å². The minimum absolute atomic E-state index is 0.00789. The maximum absolute atomic E-state index is 2.35. The van der Waals surface area contributed by atoms with Crippen molar-refractivity contribution >= 4 is 41.0 Å². The molecule has 3 aromatic carbocycles. The molecular weight excluding hydrogens is 381 g/mol. The van der Waals surface area contributed by atoms with Crippen LogP contribution in [0.2, 0.25) is 0 Å². The van der Waals surface area contributed by atoms with Gasteiger partial charge in [0.05, 0.1) is 0 Å². The molecule has 0 aliphatic rings. The number of benzene rings is 3. The minimum Gasteiger partial charge on any atom is -0.0904 e. The monoisotopic (exact) mass is 410 g/mol. The van der Waals surface area contributed by atoms with Crippen LogP contribution in [0.3, 0.4) is 0 Å². The van der Waals surface area contributed by atoms with E-state index in [1.165, 1.54) is 48.1 Å². The Bertz CT molecular complexity index is 697. The second-order valence-electron chi connectivity index (χ2n) is 6.62. The second-order valence-corrected chi connectivity index (χ2v) is 12.0. The van der Waals surface area contributed by atoms with Crippen molar-refractivity contribution in [2.45, 2.75) is 12.8 Å². The number of hydrogen-bond donors (Lipinski definition) is 0. The van der Waals surface area contributed by atoms with E-state index in [0.29, 0.717) is 0 Å². The van der Waals surface area contributed by atoms with Crippen molar-refractivity contribution in [3.05, 3.63) is 91.0 Å². The molecule has 3 rings (SSSR count). The molecule has 0 saturated carbocycles. The van der Waals surface area contributed by atoms with Crippen LogP contribution in [0.1, 0.15) is 12.8 Å². The lowest BCUT2D eigenvalue weighted by atomic mass is 10.4. The smallest absolute Gasteiger partial charge is 0.0240 e. The van der Waals surface area contributed by atoms with Crippen LogP contribution in [-0.2, 0) is 0 Å². The van der Waals surface area contributed by atoms with Crippen molar-refractivity contribution in [1.29, 1.82) is 0 Å². The van der Waals surface area contributed by atoms with Crippen LogP contribution >= 0.6 is 25.1 Å². The standard InChI is InChI=1S/C24H29P3/c1-4-12-22(13-5-1)25-18-10-20-27(24-16-8-3-9-17-24)21-11-19-26-23-14-6-2-7-15-23/h1-9,12-17,25-26H,10-11,18-21H2. The quantitative estimate of drug-likeness (QED) is 0.286. The van der Waals surface area contributed by atoms with Crippen LogP contribution < -0.4 is 15.9 Å². The molecule has 0 heterocycles. The topological polar surface area (TPSA) is 0 Å². The summed E-state index contributed by atoms with van der Waals surface area (Å²) in [6, 6.07) is 33.2. The molecule has 0 aromatic heterocycles. The molecule has 0 N–H and O–H groups in total. The van der Waals surface area contributed by atoms with Gasteiger partial charge in [-0.2, -0.15) is 0 Å². The summed E-state index contributed by atoms with van der Waals surface area (Å²) in [6.45, 7) is 0. The van der Waals surface area contributed by atoms with Crippen LogP contribution in [0, 0.1) is 0 Å². The van der Waals surface area contributed by atoms with Crippen LogP contribution in [0.5, 0.6) is 0 Å². The van der Waals surface area contributed by atoms with Gasteiger partial charge in [-0.3, -0.25) is 0 Å². The van der Waals surface area contributed by atoms with E-state index < -0.39 is 0 Å². The Labute approximate surface area is 169 Å². The summed E-state index contributed by atoms with van der Waals surface area (Å²) < 4.78 is 0. The van der Waals surface area contributed by atoms with Gasteiger partial charge in [-0.1, -0.05) is 116 Å².